The third-order valence-electron chi connectivity index (χ3n) is 5.52. The second-order valence-corrected chi connectivity index (χ2v) is 8.06. The zero-order valence-electron chi connectivity index (χ0n) is 19.9. The fourth-order valence-corrected chi connectivity index (χ4v) is 3.61. The minimum atomic E-state index is -0.602. The zero-order valence-corrected chi connectivity index (χ0v) is 19.9. The summed E-state index contributed by atoms with van der Waals surface area (Å²) in [5, 5.41) is 3.55. The highest BCUT2D eigenvalue weighted by Crippen LogP contribution is 2.23. The van der Waals surface area contributed by atoms with E-state index in [1.807, 2.05) is 31.2 Å². The smallest absolute Gasteiger partial charge is 0.338 e. The van der Waals surface area contributed by atoms with Crippen molar-refractivity contribution < 1.29 is 28.2 Å². The van der Waals surface area contributed by atoms with Crippen LogP contribution in [0.2, 0.25) is 0 Å². The van der Waals surface area contributed by atoms with Gasteiger partial charge in [0.2, 0.25) is 0 Å². The minimum Gasteiger partial charge on any atom is -0.496 e. The van der Waals surface area contributed by atoms with E-state index in [0.29, 0.717) is 22.6 Å². The highest BCUT2D eigenvalue weighted by molar-refractivity contribution is 5.91. The van der Waals surface area contributed by atoms with Crippen LogP contribution in [0.5, 0.6) is 11.5 Å². The molecule has 0 spiro atoms. The molecule has 0 fully saturated rings. The lowest BCUT2D eigenvalue weighted by Crippen LogP contribution is -2.28. The average Bonchev–Trinajstić information content (AvgIpc) is 2.89. The fraction of sp³-hybridized carbons (Fsp3) is 0.179. The van der Waals surface area contributed by atoms with Gasteiger partial charge in [-0.15, -0.1) is 0 Å². The molecule has 0 saturated carbocycles. The first-order valence-corrected chi connectivity index (χ1v) is 11.2. The Morgan fingerprint density at radius 3 is 2.53 bits per heavy atom. The van der Waals surface area contributed by atoms with Crippen molar-refractivity contribution in [1.82, 2.24) is 5.32 Å². The number of rotatable bonds is 9. The van der Waals surface area contributed by atoms with Crippen molar-refractivity contribution in [2.75, 3.05) is 13.7 Å². The molecule has 0 aliphatic heterocycles. The lowest BCUT2D eigenvalue weighted by molar-refractivity contribution is -0.124. The van der Waals surface area contributed by atoms with Gasteiger partial charge in [0.25, 0.3) is 5.91 Å². The molecule has 0 radical (unpaired) electrons. The molecule has 3 aromatic carbocycles. The molecule has 1 heterocycles. The number of carbonyl (C=O) groups is 2. The van der Waals surface area contributed by atoms with Crippen molar-refractivity contribution in [1.29, 1.82) is 0 Å². The maximum atomic E-state index is 12.3. The molecule has 1 aromatic heterocycles. The van der Waals surface area contributed by atoms with Crippen molar-refractivity contribution in [2.24, 2.45) is 0 Å². The number of aryl methyl sites for hydroxylation is 1. The molecule has 8 heteroatoms. The van der Waals surface area contributed by atoms with Crippen LogP contribution in [-0.4, -0.2) is 25.6 Å². The van der Waals surface area contributed by atoms with Gasteiger partial charge in [-0.25, -0.2) is 9.59 Å². The largest absolute Gasteiger partial charge is 0.496 e. The van der Waals surface area contributed by atoms with Gasteiger partial charge in [0.15, 0.2) is 6.61 Å². The first-order chi connectivity index (χ1) is 17.4. The number of carbonyl (C=O) groups excluding carboxylic acids is 2. The van der Waals surface area contributed by atoms with E-state index in [9.17, 15) is 14.4 Å². The summed E-state index contributed by atoms with van der Waals surface area (Å²) in [7, 11) is 1.56. The summed E-state index contributed by atoms with van der Waals surface area (Å²) in [4.78, 5) is 36.0. The van der Waals surface area contributed by atoms with Crippen molar-refractivity contribution in [3.8, 4) is 11.5 Å². The van der Waals surface area contributed by atoms with Crippen molar-refractivity contribution >= 4 is 22.8 Å². The van der Waals surface area contributed by atoms with Gasteiger partial charge in [-0.1, -0.05) is 30.3 Å². The van der Waals surface area contributed by atoms with Crippen LogP contribution in [0, 0.1) is 6.92 Å². The quantitative estimate of drug-likeness (QED) is 0.279. The van der Waals surface area contributed by atoms with Crippen LogP contribution < -0.4 is 20.4 Å². The standard InChI is InChI=1S/C28H25NO7/c1-18-13-27(31)36-25-14-22(11-12-23(18)25)34-16-19-7-9-20(10-8-19)28(32)35-17-26(30)29-15-21-5-3-4-6-24(21)33-2/h3-14H,15-17H2,1-2H3,(H,29,30). The van der Waals surface area contributed by atoms with E-state index in [0.717, 1.165) is 22.1 Å². The predicted molar refractivity (Wildman–Crippen MR) is 133 cm³/mol. The molecular formula is C28H25NO7. The number of amides is 1. The lowest BCUT2D eigenvalue weighted by atomic mass is 10.1. The summed E-state index contributed by atoms with van der Waals surface area (Å²) in [5.41, 5.74) is 2.85. The van der Waals surface area contributed by atoms with Gasteiger partial charge in [-0.2, -0.15) is 0 Å². The second kappa shape index (κ2) is 11.2. The van der Waals surface area contributed by atoms with Gasteiger partial charge in [0.1, 0.15) is 23.7 Å². The Bertz CT molecular complexity index is 1440. The fourth-order valence-electron chi connectivity index (χ4n) is 3.61. The molecular weight excluding hydrogens is 462 g/mol. The predicted octanol–water partition coefficient (Wildman–Crippen LogP) is 4.16. The van der Waals surface area contributed by atoms with Crippen LogP contribution in [-0.2, 0) is 22.7 Å². The molecule has 4 aromatic rings. The van der Waals surface area contributed by atoms with Gasteiger partial charge in [-0.3, -0.25) is 4.79 Å². The highest BCUT2D eigenvalue weighted by Gasteiger charge is 2.11. The molecule has 0 aliphatic rings. The number of nitrogens with one attached hydrogen (secondary N) is 1. The molecule has 0 aliphatic carbocycles. The van der Waals surface area contributed by atoms with Crippen molar-refractivity contribution in [3.05, 3.63) is 105 Å². The summed E-state index contributed by atoms with van der Waals surface area (Å²) in [6.07, 6.45) is 0. The van der Waals surface area contributed by atoms with Crippen LogP contribution in [0.1, 0.15) is 27.0 Å². The van der Waals surface area contributed by atoms with E-state index in [-0.39, 0.29) is 13.2 Å². The Kier molecular flexibility index (Phi) is 7.65. The van der Waals surface area contributed by atoms with E-state index in [1.165, 1.54) is 6.07 Å². The van der Waals surface area contributed by atoms with E-state index < -0.39 is 24.1 Å². The highest BCUT2D eigenvalue weighted by atomic mass is 16.5. The Hall–Kier alpha value is -4.59. The number of para-hydroxylation sites is 1. The summed E-state index contributed by atoms with van der Waals surface area (Å²) in [6.45, 7) is 1.97. The first-order valence-electron chi connectivity index (χ1n) is 11.2. The normalized spacial score (nSPS) is 10.6. The van der Waals surface area contributed by atoms with Crippen LogP contribution in [0.15, 0.2) is 82.0 Å². The maximum absolute atomic E-state index is 12.3. The zero-order chi connectivity index (χ0) is 25.5. The van der Waals surface area contributed by atoms with Gasteiger partial charge in [0.05, 0.1) is 12.7 Å². The summed E-state index contributed by atoms with van der Waals surface area (Å²) < 4.78 is 21.4. The number of esters is 1. The van der Waals surface area contributed by atoms with Gasteiger partial charge < -0.3 is 23.9 Å². The molecule has 0 atom stereocenters. The van der Waals surface area contributed by atoms with E-state index in [4.69, 9.17) is 18.6 Å². The molecule has 8 nitrogen and oxygen atoms in total. The SMILES string of the molecule is COc1ccccc1CNC(=O)COC(=O)c1ccc(COc2ccc3c(C)cc(=O)oc3c2)cc1. The Labute approximate surface area is 207 Å². The monoisotopic (exact) mass is 487 g/mol. The minimum absolute atomic E-state index is 0.252. The number of hydrogen-bond acceptors (Lipinski definition) is 7. The second-order valence-electron chi connectivity index (χ2n) is 8.06. The molecule has 1 N–H and O–H groups in total. The molecule has 0 unspecified atom stereocenters. The van der Waals surface area contributed by atoms with Crippen molar-refractivity contribution in [2.45, 2.75) is 20.1 Å². The third-order valence-corrected chi connectivity index (χ3v) is 5.52. The summed E-state index contributed by atoms with van der Waals surface area (Å²) >= 11 is 0. The van der Waals surface area contributed by atoms with Crippen LogP contribution in [0.4, 0.5) is 0 Å². The molecule has 1 amide bonds. The topological polar surface area (TPSA) is 104 Å². The Balaban J connectivity index is 1.26. The molecule has 4 rings (SSSR count). The van der Waals surface area contributed by atoms with E-state index in [1.54, 1.807) is 49.6 Å². The van der Waals surface area contributed by atoms with Gasteiger partial charge in [-0.05, 0) is 48.4 Å². The van der Waals surface area contributed by atoms with Gasteiger partial charge >= 0.3 is 11.6 Å². The molecule has 0 bridgehead atoms. The van der Waals surface area contributed by atoms with E-state index >= 15 is 0 Å². The molecule has 36 heavy (non-hydrogen) atoms. The first kappa shape index (κ1) is 24.5. The van der Waals surface area contributed by atoms with E-state index in [2.05, 4.69) is 5.32 Å². The third kappa shape index (κ3) is 6.09. The average molecular weight is 488 g/mol. The van der Waals surface area contributed by atoms with Gasteiger partial charge in [0, 0.05) is 29.6 Å². The maximum Gasteiger partial charge on any atom is 0.338 e. The van der Waals surface area contributed by atoms with Crippen molar-refractivity contribution in [3.63, 3.8) is 0 Å². The lowest BCUT2D eigenvalue weighted by Gasteiger charge is -2.10. The van der Waals surface area contributed by atoms with Crippen LogP contribution >= 0.6 is 0 Å². The number of hydrogen-bond donors (Lipinski definition) is 1. The Morgan fingerprint density at radius 2 is 1.75 bits per heavy atom. The van der Waals surface area contributed by atoms with Crippen LogP contribution in [0.3, 0.4) is 0 Å². The summed E-state index contributed by atoms with van der Waals surface area (Å²) in [6, 6.07) is 20.8. The number of ether oxygens (including phenoxy) is 3. The number of fused-ring (bicyclic) bond motifs is 1. The molecule has 184 valence electrons. The van der Waals surface area contributed by atoms with Crippen LogP contribution in [0.25, 0.3) is 11.0 Å². The molecule has 0 saturated heterocycles. The summed E-state index contributed by atoms with van der Waals surface area (Å²) in [5.74, 6) is 0.204. The Morgan fingerprint density at radius 1 is 0.972 bits per heavy atom. The number of methoxy groups -OCH3 is 1. The number of benzene rings is 3.